The Balaban J connectivity index is 1.53. The summed E-state index contributed by atoms with van der Waals surface area (Å²) in [5.74, 6) is 2.10. The molecule has 0 amide bonds. The maximum absolute atomic E-state index is 4.79. The summed E-state index contributed by atoms with van der Waals surface area (Å²) in [5.41, 5.74) is 3.90. The first-order chi connectivity index (χ1) is 11.2. The summed E-state index contributed by atoms with van der Waals surface area (Å²) in [4.78, 5) is 14.3. The molecule has 1 aliphatic carbocycles. The predicted octanol–water partition coefficient (Wildman–Crippen LogP) is 1.72. The van der Waals surface area contributed by atoms with Crippen LogP contribution in [-0.4, -0.2) is 45.9 Å². The third kappa shape index (κ3) is 2.78. The number of hydrogen-bond acceptors (Lipinski definition) is 5. The molecule has 0 N–H and O–H groups in total. The van der Waals surface area contributed by atoms with Crippen LogP contribution in [0.15, 0.2) is 12.4 Å². The van der Waals surface area contributed by atoms with E-state index in [4.69, 9.17) is 4.98 Å². The molecule has 1 fully saturated rings. The van der Waals surface area contributed by atoms with Crippen molar-refractivity contribution < 1.29 is 0 Å². The van der Waals surface area contributed by atoms with Gasteiger partial charge in [-0.2, -0.15) is 5.10 Å². The lowest BCUT2D eigenvalue weighted by Gasteiger charge is -2.37. The van der Waals surface area contributed by atoms with E-state index in [0.717, 1.165) is 44.8 Å². The average molecular weight is 312 g/mol. The SMILES string of the molecule is Cc1nc2c(c(N3CCN(c4cnn(C)c4)CC3)n1)CCCC2. The van der Waals surface area contributed by atoms with E-state index >= 15 is 0 Å². The number of piperazine rings is 1. The topological polar surface area (TPSA) is 50.1 Å². The minimum atomic E-state index is 0.912. The van der Waals surface area contributed by atoms with Gasteiger partial charge >= 0.3 is 0 Å². The minimum absolute atomic E-state index is 0.912. The maximum Gasteiger partial charge on any atom is 0.135 e. The number of aromatic nitrogens is 4. The molecule has 0 aromatic carbocycles. The fourth-order valence-corrected chi connectivity index (χ4v) is 3.70. The lowest BCUT2D eigenvalue weighted by Crippen LogP contribution is -2.47. The summed E-state index contributed by atoms with van der Waals surface area (Å²) in [6, 6.07) is 0. The van der Waals surface area contributed by atoms with E-state index in [1.165, 1.54) is 35.6 Å². The van der Waals surface area contributed by atoms with E-state index < -0.39 is 0 Å². The molecule has 6 heteroatoms. The van der Waals surface area contributed by atoms with E-state index in [-0.39, 0.29) is 0 Å². The summed E-state index contributed by atoms with van der Waals surface area (Å²) in [5, 5.41) is 4.28. The van der Waals surface area contributed by atoms with Gasteiger partial charge in [0, 0.05) is 50.7 Å². The summed E-state index contributed by atoms with van der Waals surface area (Å²) >= 11 is 0. The quantitative estimate of drug-likeness (QED) is 0.845. The number of hydrogen-bond donors (Lipinski definition) is 0. The predicted molar refractivity (Wildman–Crippen MR) is 91.0 cm³/mol. The molecule has 2 aromatic heterocycles. The first kappa shape index (κ1) is 14.5. The van der Waals surface area contributed by atoms with Crippen LogP contribution in [0.1, 0.15) is 29.9 Å². The zero-order chi connectivity index (χ0) is 15.8. The highest BCUT2D eigenvalue weighted by Crippen LogP contribution is 2.29. The van der Waals surface area contributed by atoms with Gasteiger partial charge in [0.2, 0.25) is 0 Å². The molecule has 3 heterocycles. The van der Waals surface area contributed by atoms with Crippen LogP contribution in [0.25, 0.3) is 0 Å². The fraction of sp³-hybridized carbons (Fsp3) is 0.588. The van der Waals surface area contributed by atoms with Crippen molar-refractivity contribution in [3.63, 3.8) is 0 Å². The molecule has 6 nitrogen and oxygen atoms in total. The van der Waals surface area contributed by atoms with E-state index in [2.05, 4.69) is 26.1 Å². The van der Waals surface area contributed by atoms with Crippen LogP contribution in [0.4, 0.5) is 11.5 Å². The van der Waals surface area contributed by atoms with Crippen LogP contribution in [0.5, 0.6) is 0 Å². The minimum Gasteiger partial charge on any atom is -0.365 e. The summed E-state index contributed by atoms with van der Waals surface area (Å²) in [7, 11) is 1.97. The number of fused-ring (bicyclic) bond motifs is 1. The monoisotopic (exact) mass is 312 g/mol. The van der Waals surface area contributed by atoms with Crippen molar-refractivity contribution in [2.24, 2.45) is 7.05 Å². The molecule has 0 spiro atoms. The van der Waals surface area contributed by atoms with Crippen LogP contribution < -0.4 is 9.80 Å². The van der Waals surface area contributed by atoms with Crippen molar-refractivity contribution in [1.29, 1.82) is 0 Å². The van der Waals surface area contributed by atoms with Gasteiger partial charge in [-0.05, 0) is 32.6 Å². The number of nitrogens with zero attached hydrogens (tertiary/aromatic N) is 6. The summed E-state index contributed by atoms with van der Waals surface area (Å²) in [6.45, 7) is 6.08. The van der Waals surface area contributed by atoms with E-state index in [9.17, 15) is 0 Å². The van der Waals surface area contributed by atoms with Crippen LogP contribution in [-0.2, 0) is 19.9 Å². The van der Waals surface area contributed by atoms with Gasteiger partial charge < -0.3 is 9.80 Å². The van der Waals surface area contributed by atoms with Gasteiger partial charge in [0.05, 0.1) is 11.9 Å². The molecule has 0 unspecified atom stereocenters. The standard InChI is InChI=1S/C17H24N6/c1-13-19-16-6-4-3-5-15(16)17(20-13)23-9-7-22(8-10-23)14-11-18-21(2)12-14/h11-12H,3-10H2,1-2H3. The van der Waals surface area contributed by atoms with Gasteiger partial charge in [-0.25, -0.2) is 9.97 Å². The highest BCUT2D eigenvalue weighted by atomic mass is 15.3. The second-order valence-electron chi connectivity index (χ2n) is 6.57. The van der Waals surface area contributed by atoms with E-state index in [1.807, 2.05) is 24.9 Å². The molecule has 0 bridgehead atoms. The second-order valence-corrected chi connectivity index (χ2v) is 6.57. The third-order valence-corrected chi connectivity index (χ3v) is 4.91. The van der Waals surface area contributed by atoms with Gasteiger partial charge in [0.15, 0.2) is 0 Å². The van der Waals surface area contributed by atoms with Gasteiger partial charge in [-0.15, -0.1) is 0 Å². The van der Waals surface area contributed by atoms with Crippen molar-refractivity contribution in [2.75, 3.05) is 36.0 Å². The smallest absolute Gasteiger partial charge is 0.135 e. The Labute approximate surface area is 137 Å². The summed E-state index contributed by atoms with van der Waals surface area (Å²) < 4.78 is 1.87. The van der Waals surface area contributed by atoms with Crippen molar-refractivity contribution >= 4 is 11.5 Å². The first-order valence-corrected chi connectivity index (χ1v) is 8.55. The van der Waals surface area contributed by atoms with Gasteiger partial charge in [-0.1, -0.05) is 0 Å². The first-order valence-electron chi connectivity index (χ1n) is 8.55. The van der Waals surface area contributed by atoms with Crippen LogP contribution in [0.2, 0.25) is 0 Å². The molecule has 23 heavy (non-hydrogen) atoms. The summed E-state index contributed by atoms with van der Waals surface area (Å²) in [6.07, 6.45) is 8.81. The Morgan fingerprint density at radius 2 is 1.70 bits per heavy atom. The molecule has 2 aliphatic rings. The molecule has 1 aliphatic heterocycles. The lowest BCUT2D eigenvalue weighted by atomic mass is 9.96. The largest absolute Gasteiger partial charge is 0.365 e. The molecule has 4 rings (SSSR count). The second kappa shape index (κ2) is 5.83. The van der Waals surface area contributed by atoms with Crippen LogP contribution in [0.3, 0.4) is 0 Å². The van der Waals surface area contributed by atoms with Crippen molar-refractivity contribution in [1.82, 2.24) is 19.7 Å². The molecule has 0 atom stereocenters. The number of rotatable bonds is 2. The Kier molecular flexibility index (Phi) is 3.67. The Morgan fingerprint density at radius 1 is 0.957 bits per heavy atom. The number of aryl methyl sites for hydroxylation is 3. The van der Waals surface area contributed by atoms with Gasteiger partial charge in [0.25, 0.3) is 0 Å². The number of anilines is 2. The van der Waals surface area contributed by atoms with Crippen molar-refractivity contribution in [2.45, 2.75) is 32.6 Å². The molecule has 122 valence electrons. The molecular weight excluding hydrogens is 288 g/mol. The molecular formula is C17H24N6. The Morgan fingerprint density at radius 3 is 2.43 bits per heavy atom. The highest BCUT2D eigenvalue weighted by Gasteiger charge is 2.24. The van der Waals surface area contributed by atoms with Gasteiger partial charge in [0.1, 0.15) is 11.6 Å². The highest BCUT2D eigenvalue weighted by molar-refractivity contribution is 5.53. The average Bonchev–Trinajstić information content (AvgIpc) is 3.01. The molecule has 2 aromatic rings. The Bertz CT molecular complexity index is 699. The zero-order valence-corrected chi connectivity index (χ0v) is 14.0. The van der Waals surface area contributed by atoms with Crippen LogP contribution >= 0.6 is 0 Å². The maximum atomic E-state index is 4.79. The Hall–Kier alpha value is -2.11. The molecule has 1 saturated heterocycles. The van der Waals surface area contributed by atoms with E-state index in [1.54, 1.807) is 0 Å². The van der Waals surface area contributed by atoms with Crippen LogP contribution in [0, 0.1) is 6.92 Å². The van der Waals surface area contributed by atoms with Gasteiger partial charge in [-0.3, -0.25) is 4.68 Å². The molecule has 0 saturated carbocycles. The zero-order valence-electron chi connectivity index (χ0n) is 14.0. The van der Waals surface area contributed by atoms with E-state index in [0.29, 0.717) is 0 Å². The van der Waals surface area contributed by atoms with Crippen molar-refractivity contribution in [3.05, 3.63) is 29.5 Å². The van der Waals surface area contributed by atoms with Crippen molar-refractivity contribution in [3.8, 4) is 0 Å². The fourth-order valence-electron chi connectivity index (χ4n) is 3.70. The third-order valence-electron chi connectivity index (χ3n) is 4.91. The molecule has 0 radical (unpaired) electrons. The normalized spacial score (nSPS) is 18.2. The lowest BCUT2D eigenvalue weighted by molar-refractivity contribution is 0.620.